The number of nitrogens with zero attached hydrogens (tertiary/aromatic N) is 2. The number of carboxylic acid groups (broad SMARTS) is 1. The summed E-state index contributed by atoms with van der Waals surface area (Å²) in [7, 11) is 4.66. The molecule has 1 heterocycles. The van der Waals surface area contributed by atoms with Crippen LogP contribution in [0.2, 0.25) is 0 Å². The van der Waals surface area contributed by atoms with Crippen LogP contribution in [0, 0.1) is 11.8 Å². The summed E-state index contributed by atoms with van der Waals surface area (Å²) in [5, 5.41) is 15.0. The quantitative estimate of drug-likeness (QED) is 0.192. The molecule has 256 valence electrons. The number of likely N-dealkylation sites (N-methyl/N-ethyl adjacent to an activating group) is 1. The van der Waals surface area contributed by atoms with E-state index in [9.17, 15) is 29.1 Å². The number of hydrogen-bond acceptors (Lipinski definition) is 8. The normalized spacial score (nSPS) is 19.8. The van der Waals surface area contributed by atoms with Gasteiger partial charge in [-0.2, -0.15) is 0 Å². The molecule has 0 spiro atoms. The van der Waals surface area contributed by atoms with Gasteiger partial charge in [0, 0.05) is 34.2 Å². The number of ether oxygens (including phenoxy) is 2. The number of benzene rings is 1. The number of aliphatic carboxylic acids is 1. The highest BCUT2D eigenvalue weighted by molar-refractivity contribution is 5.89. The van der Waals surface area contributed by atoms with Crippen molar-refractivity contribution in [3.63, 3.8) is 0 Å². The Kier molecular flexibility index (Phi) is 13.1. The zero-order chi connectivity index (χ0) is 34.2. The first-order chi connectivity index (χ1) is 21.7. The maximum absolute atomic E-state index is 13.8. The molecule has 1 aromatic rings. The Morgan fingerprint density at radius 2 is 1.74 bits per heavy atom. The number of likely N-dealkylation sites (tertiary alicyclic amines) is 1. The molecule has 1 aliphatic carbocycles. The summed E-state index contributed by atoms with van der Waals surface area (Å²) in [5.41, 5.74) is 5.49. The van der Waals surface area contributed by atoms with Crippen molar-refractivity contribution in [1.82, 2.24) is 20.4 Å². The first kappa shape index (κ1) is 36.9. The van der Waals surface area contributed by atoms with Crippen LogP contribution in [0.3, 0.4) is 0 Å². The Balaban J connectivity index is 1.67. The Bertz CT molecular complexity index is 1220. The number of carbonyl (C=O) groups is 5. The van der Waals surface area contributed by atoms with Crippen LogP contribution in [0.4, 0.5) is 0 Å². The van der Waals surface area contributed by atoms with E-state index in [1.54, 1.807) is 49.8 Å². The molecule has 3 rings (SSSR count). The molecule has 2 fully saturated rings. The number of rotatable bonds is 17. The van der Waals surface area contributed by atoms with Gasteiger partial charge >= 0.3 is 5.97 Å². The minimum atomic E-state index is -1.14. The van der Waals surface area contributed by atoms with Gasteiger partial charge in [-0.3, -0.25) is 19.2 Å². The fourth-order valence-electron chi connectivity index (χ4n) is 6.25. The summed E-state index contributed by atoms with van der Waals surface area (Å²) < 4.78 is 11.6. The lowest BCUT2D eigenvalue weighted by Gasteiger charge is -2.37. The van der Waals surface area contributed by atoms with Crippen LogP contribution in [0.15, 0.2) is 30.3 Å². The molecule has 5 N–H and O–H groups in total. The second kappa shape index (κ2) is 16.3. The number of methoxy groups -OCH3 is 2. The highest BCUT2D eigenvalue weighted by Gasteiger charge is 2.45. The summed E-state index contributed by atoms with van der Waals surface area (Å²) in [4.78, 5) is 67.7. The van der Waals surface area contributed by atoms with E-state index in [0.717, 1.165) is 24.8 Å². The molecule has 6 unspecified atom stereocenters. The lowest BCUT2D eigenvalue weighted by molar-refractivity contribution is -0.146. The van der Waals surface area contributed by atoms with Gasteiger partial charge in [-0.15, -0.1) is 0 Å². The fraction of sp³-hybridized carbons (Fsp3) is 0.667. The van der Waals surface area contributed by atoms with Crippen LogP contribution >= 0.6 is 0 Å². The summed E-state index contributed by atoms with van der Waals surface area (Å²) in [6.07, 6.45) is 2.02. The Labute approximate surface area is 271 Å². The summed E-state index contributed by atoms with van der Waals surface area (Å²) in [6, 6.07) is 7.18. The molecule has 2 aliphatic rings. The van der Waals surface area contributed by atoms with Crippen molar-refractivity contribution in [2.45, 2.75) is 95.2 Å². The fourth-order valence-corrected chi connectivity index (χ4v) is 6.25. The first-order valence-corrected chi connectivity index (χ1v) is 15.9. The topological polar surface area (TPSA) is 181 Å². The highest BCUT2D eigenvalue weighted by atomic mass is 16.5. The zero-order valence-electron chi connectivity index (χ0n) is 27.9. The molecule has 0 bridgehead atoms. The molecule has 46 heavy (non-hydrogen) atoms. The van der Waals surface area contributed by atoms with Crippen LogP contribution in [-0.4, -0.2) is 115 Å². The summed E-state index contributed by atoms with van der Waals surface area (Å²) in [5.74, 6) is -3.12. The summed E-state index contributed by atoms with van der Waals surface area (Å²) >= 11 is 0. The van der Waals surface area contributed by atoms with Gasteiger partial charge in [-0.25, -0.2) is 4.79 Å². The minimum absolute atomic E-state index is 0.0170. The molecular formula is C33H51N5O8. The average Bonchev–Trinajstić information content (AvgIpc) is 3.73. The van der Waals surface area contributed by atoms with Gasteiger partial charge in [0.1, 0.15) is 6.04 Å². The van der Waals surface area contributed by atoms with Crippen LogP contribution in [0.1, 0.15) is 58.4 Å². The van der Waals surface area contributed by atoms with Crippen LogP contribution in [0.25, 0.3) is 0 Å². The van der Waals surface area contributed by atoms with Gasteiger partial charge in [0.25, 0.3) is 0 Å². The monoisotopic (exact) mass is 645 g/mol. The van der Waals surface area contributed by atoms with E-state index in [0.29, 0.717) is 13.0 Å². The maximum Gasteiger partial charge on any atom is 0.326 e. The molecule has 1 saturated carbocycles. The molecule has 4 amide bonds. The van der Waals surface area contributed by atoms with Crippen LogP contribution in [-0.2, 0) is 39.9 Å². The highest BCUT2D eigenvalue weighted by Crippen LogP contribution is 2.38. The van der Waals surface area contributed by atoms with Crippen molar-refractivity contribution < 1.29 is 38.6 Å². The molecule has 6 atom stereocenters. The van der Waals surface area contributed by atoms with Crippen molar-refractivity contribution in [3.8, 4) is 0 Å². The molecule has 1 aromatic carbocycles. The lowest BCUT2D eigenvalue weighted by Crippen LogP contribution is -2.55. The van der Waals surface area contributed by atoms with Gasteiger partial charge in [0.2, 0.25) is 23.6 Å². The Morgan fingerprint density at radius 3 is 2.28 bits per heavy atom. The number of nitrogens with one attached hydrogen (secondary N) is 2. The van der Waals surface area contributed by atoms with Crippen molar-refractivity contribution in [2.75, 3.05) is 34.4 Å². The zero-order valence-corrected chi connectivity index (χ0v) is 27.9. The van der Waals surface area contributed by atoms with Gasteiger partial charge in [-0.1, -0.05) is 37.3 Å². The number of hydrogen-bond donors (Lipinski definition) is 4. The Hall–Kier alpha value is -3.55. The molecule has 0 aromatic heterocycles. The molecule has 0 radical (unpaired) electrons. The largest absolute Gasteiger partial charge is 0.480 e. The van der Waals surface area contributed by atoms with Crippen LogP contribution < -0.4 is 16.4 Å². The third-order valence-corrected chi connectivity index (χ3v) is 9.07. The second-order valence-corrected chi connectivity index (χ2v) is 13.1. The van der Waals surface area contributed by atoms with Crippen molar-refractivity contribution in [1.29, 1.82) is 0 Å². The molecular weight excluding hydrogens is 594 g/mol. The van der Waals surface area contributed by atoms with E-state index in [4.69, 9.17) is 15.2 Å². The predicted octanol–water partition coefficient (Wildman–Crippen LogP) is 0.936. The molecule has 1 saturated heterocycles. The first-order valence-electron chi connectivity index (χ1n) is 15.9. The maximum atomic E-state index is 13.8. The smallest absolute Gasteiger partial charge is 0.326 e. The van der Waals surface area contributed by atoms with E-state index in [2.05, 4.69) is 10.6 Å². The van der Waals surface area contributed by atoms with E-state index in [1.807, 2.05) is 18.2 Å². The number of amides is 4. The van der Waals surface area contributed by atoms with Crippen molar-refractivity contribution in [3.05, 3.63) is 35.9 Å². The Morgan fingerprint density at radius 1 is 1.09 bits per heavy atom. The van der Waals surface area contributed by atoms with Crippen LogP contribution in [0.5, 0.6) is 0 Å². The second-order valence-electron chi connectivity index (χ2n) is 13.1. The van der Waals surface area contributed by atoms with Gasteiger partial charge in [0.15, 0.2) is 0 Å². The van der Waals surface area contributed by atoms with E-state index in [1.165, 1.54) is 14.2 Å². The number of carbonyl (C=O) groups excluding carboxylic acids is 4. The summed E-state index contributed by atoms with van der Waals surface area (Å²) in [6.45, 7) is 5.05. The van der Waals surface area contributed by atoms with E-state index < -0.39 is 53.5 Å². The van der Waals surface area contributed by atoms with Gasteiger partial charge in [-0.05, 0) is 51.0 Å². The third kappa shape index (κ3) is 9.73. The lowest BCUT2D eigenvalue weighted by atomic mass is 9.93. The van der Waals surface area contributed by atoms with Gasteiger partial charge < -0.3 is 40.7 Å². The molecule has 1 aliphatic heterocycles. The van der Waals surface area contributed by atoms with E-state index in [-0.39, 0.29) is 43.2 Å². The minimum Gasteiger partial charge on any atom is -0.480 e. The molecule has 13 nitrogen and oxygen atoms in total. The third-order valence-electron chi connectivity index (χ3n) is 9.07. The molecule has 13 heteroatoms. The van der Waals surface area contributed by atoms with E-state index >= 15 is 0 Å². The standard InChI is InChI=1S/C33H51N5O8/c1-20(30(41)36-23(31(42)43)17-21-11-8-7-9-12-21)29(46-6)24-13-10-16-38(24)26(39)18-25(45-5)28(22-14-15-22)37(4)27(40)19-35-32(44)33(2,3)34/h7-9,11-12,20,22-25,28-29H,10,13-19,34H2,1-6H3,(H,35,44)(H,36,41)(H,42,43). The number of nitrogens with two attached hydrogens (primary N) is 1. The predicted molar refractivity (Wildman–Crippen MR) is 170 cm³/mol. The SMILES string of the molecule is COC(CC(=O)N1CCCC1C(OC)C(C)C(=O)NC(Cc1ccccc1)C(=O)O)C(C1CC1)N(C)C(=O)CNC(=O)C(C)(C)N. The average molecular weight is 646 g/mol. The van der Waals surface area contributed by atoms with Crippen molar-refractivity contribution in [2.24, 2.45) is 17.6 Å². The van der Waals surface area contributed by atoms with Crippen molar-refractivity contribution >= 4 is 29.6 Å². The number of carboxylic acids is 1. The van der Waals surface area contributed by atoms with Gasteiger partial charge in [0.05, 0.1) is 48.7 Å².